The Hall–Kier alpha value is -3.77. The van der Waals surface area contributed by atoms with Crippen LogP contribution in [-0.4, -0.2) is 14.7 Å². The van der Waals surface area contributed by atoms with E-state index in [-0.39, 0.29) is 10.6 Å². The van der Waals surface area contributed by atoms with Crippen LogP contribution in [0.2, 0.25) is 0 Å². The van der Waals surface area contributed by atoms with E-state index in [1.807, 2.05) is 83.1 Å². The SMILES string of the molecule is Cc1ccc(O[P+](=O)Oc2c(C)cccc2C)cc1.Cc1cccc(C)c1O[P+](=O)Oc1ccc(S(C)(=O)=O)cc1. The molecule has 2 atom stereocenters. The van der Waals surface area contributed by atoms with Gasteiger partial charge in [-0.2, -0.15) is 0 Å². The smallest absolute Gasteiger partial charge is 0.224 e. The highest BCUT2D eigenvalue weighted by Gasteiger charge is 2.27. The standard InChI is InChI=1S/C15H16O5PS.C15H16O3P/c1-11-5-4-6-12(2)15(11)20-21(16)19-13-7-9-14(10-8-13)22(3,17)18;1-11-7-9-14(10-8-11)17-19(16)18-15-12(2)5-4-6-13(15)3/h4-10H,1-3H3;4-10H,1-3H3/q2*+1. The first-order valence-corrected chi connectivity index (χ1v) is 16.6. The van der Waals surface area contributed by atoms with Crippen molar-refractivity contribution >= 4 is 26.3 Å². The van der Waals surface area contributed by atoms with Gasteiger partial charge in [0.05, 0.1) is 4.90 Å². The number of aryl methyl sites for hydroxylation is 5. The summed E-state index contributed by atoms with van der Waals surface area (Å²) >= 11 is 0. The van der Waals surface area contributed by atoms with Crippen LogP contribution < -0.4 is 18.1 Å². The molecule has 0 aliphatic heterocycles. The van der Waals surface area contributed by atoms with E-state index in [1.54, 1.807) is 12.1 Å². The molecular formula is C30H32O8P2S+2. The maximum atomic E-state index is 12.0. The summed E-state index contributed by atoms with van der Waals surface area (Å²) in [6.45, 7) is 9.52. The minimum atomic E-state index is -3.27. The second-order valence-electron chi connectivity index (χ2n) is 9.31. The van der Waals surface area contributed by atoms with Crippen molar-refractivity contribution in [1.82, 2.24) is 0 Å². The quantitative estimate of drug-likeness (QED) is 0.173. The molecule has 0 aliphatic carbocycles. The molecule has 11 heteroatoms. The molecule has 2 unspecified atom stereocenters. The van der Waals surface area contributed by atoms with Crippen molar-refractivity contribution in [2.45, 2.75) is 39.5 Å². The Morgan fingerprint density at radius 2 is 0.854 bits per heavy atom. The summed E-state index contributed by atoms with van der Waals surface area (Å²) in [6, 6.07) is 24.4. The highest BCUT2D eigenvalue weighted by molar-refractivity contribution is 7.90. The predicted molar refractivity (Wildman–Crippen MR) is 160 cm³/mol. The molecule has 0 radical (unpaired) electrons. The van der Waals surface area contributed by atoms with Crippen molar-refractivity contribution in [2.75, 3.05) is 6.26 Å². The van der Waals surface area contributed by atoms with E-state index in [0.717, 1.165) is 34.1 Å². The fourth-order valence-electron chi connectivity index (χ4n) is 3.59. The van der Waals surface area contributed by atoms with E-state index in [9.17, 15) is 17.5 Å². The molecule has 4 aromatic rings. The lowest BCUT2D eigenvalue weighted by Crippen LogP contribution is -1.97. The predicted octanol–water partition coefficient (Wildman–Crippen LogP) is 8.55. The number of para-hydroxylation sites is 2. The molecule has 0 aliphatic rings. The molecule has 0 heterocycles. The Morgan fingerprint density at radius 1 is 0.512 bits per heavy atom. The Balaban J connectivity index is 0.000000228. The van der Waals surface area contributed by atoms with Gasteiger partial charge >= 0.3 is 16.5 Å². The molecule has 41 heavy (non-hydrogen) atoms. The van der Waals surface area contributed by atoms with Crippen LogP contribution >= 0.6 is 16.5 Å². The van der Waals surface area contributed by atoms with Gasteiger partial charge in [0.2, 0.25) is 0 Å². The number of hydrogen-bond donors (Lipinski definition) is 0. The molecular weight excluding hydrogens is 582 g/mol. The van der Waals surface area contributed by atoms with Gasteiger partial charge in [0.25, 0.3) is 0 Å². The number of hydrogen-bond acceptors (Lipinski definition) is 8. The van der Waals surface area contributed by atoms with Crippen LogP contribution in [0, 0.1) is 34.6 Å². The Labute approximate surface area is 243 Å². The van der Waals surface area contributed by atoms with Crippen LogP contribution in [0.5, 0.6) is 23.0 Å². The van der Waals surface area contributed by atoms with Gasteiger partial charge in [0.1, 0.15) is 0 Å². The second-order valence-corrected chi connectivity index (χ2v) is 13.0. The molecule has 0 spiro atoms. The first-order valence-electron chi connectivity index (χ1n) is 12.5. The van der Waals surface area contributed by atoms with E-state index in [1.165, 1.54) is 24.3 Å². The maximum absolute atomic E-state index is 12.0. The molecule has 214 valence electrons. The zero-order chi connectivity index (χ0) is 30.2. The van der Waals surface area contributed by atoms with Gasteiger partial charge in [0.15, 0.2) is 32.8 Å². The van der Waals surface area contributed by atoms with Crippen molar-refractivity contribution in [2.24, 2.45) is 0 Å². The van der Waals surface area contributed by atoms with E-state index < -0.39 is 26.3 Å². The lowest BCUT2D eigenvalue weighted by atomic mass is 10.1. The summed E-state index contributed by atoms with van der Waals surface area (Å²) in [4.78, 5) is 0.172. The van der Waals surface area contributed by atoms with E-state index in [2.05, 4.69) is 0 Å². The molecule has 4 aromatic carbocycles. The molecule has 0 bridgehead atoms. The number of benzene rings is 4. The van der Waals surface area contributed by atoms with Crippen LogP contribution in [0.4, 0.5) is 0 Å². The third-order valence-corrected chi connectivity index (χ3v) is 8.29. The average Bonchev–Trinajstić information content (AvgIpc) is 2.90. The molecule has 0 saturated carbocycles. The van der Waals surface area contributed by atoms with Crippen LogP contribution in [0.3, 0.4) is 0 Å². The van der Waals surface area contributed by atoms with Crippen molar-refractivity contribution in [1.29, 1.82) is 0 Å². The number of rotatable bonds is 9. The first kappa shape index (κ1) is 31.8. The lowest BCUT2D eigenvalue weighted by Gasteiger charge is -2.02. The molecule has 0 amide bonds. The van der Waals surface area contributed by atoms with Gasteiger partial charge in [-0.3, -0.25) is 0 Å². The normalized spacial score (nSPS) is 11.5. The second kappa shape index (κ2) is 14.2. The van der Waals surface area contributed by atoms with Gasteiger partial charge < -0.3 is 0 Å². The Kier molecular flexibility index (Phi) is 11.0. The van der Waals surface area contributed by atoms with E-state index in [0.29, 0.717) is 17.2 Å². The van der Waals surface area contributed by atoms with Gasteiger partial charge in [-0.25, -0.2) is 26.5 Å². The fourth-order valence-corrected chi connectivity index (χ4v) is 5.76. The van der Waals surface area contributed by atoms with Crippen molar-refractivity contribution in [3.8, 4) is 23.0 Å². The lowest BCUT2D eigenvalue weighted by molar-refractivity contribution is 0.412. The molecule has 4 rings (SSSR count). The Bertz CT molecular complexity index is 1590. The average molecular weight is 615 g/mol. The molecule has 8 nitrogen and oxygen atoms in total. The van der Waals surface area contributed by atoms with Gasteiger partial charge in [-0.05, 0) is 93.3 Å². The third kappa shape index (κ3) is 9.68. The summed E-state index contributed by atoms with van der Waals surface area (Å²) < 4.78 is 67.7. The van der Waals surface area contributed by atoms with Crippen LogP contribution in [0.1, 0.15) is 27.8 Å². The summed E-state index contributed by atoms with van der Waals surface area (Å²) in [5, 5.41) is 0. The van der Waals surface area contributed by atoms with E-state index in [4.69, 9.17) is 18.1 Å². The van der Waals surface area contributed by atoms with Gasteiger partial charge in [-0.1, -0.05) is 54.1 Å². The minimum Gasteiger partial charge on any atom is -0.224 e. The van der Waals surface area contributed by atoms with Gasteiger partial charge in [-0.15, -0.1) is 0 Å². The minimum absolute atomic E-state index is 0.172. The van der Waals surface area contributed by atoms with Crippen molar-refractivity contribution in [3.05, 3.63) is 113 Å². The van der Waals surface area contributed by atoms with Crippen LogP contribution in [0.15, 0.2) is 89.8 Å². The van der Waals surface area contributed by atoms with Crippen molar-refractivity contribution < 1.29 is 35.6 Å². The zero-order valence-corrected chi connectivity index (χ0v) is 26.3. The van der Waals surface area contributed by atoms with Gasteiger partial charge in [0, 0.05) is 15.4 Å². The first-order chi connectivity index (χ1) is 19.3. The highest BCUT2D eigenvalue weighted by Crippen LogP contribution is 2.35. The number of sulfone groups is 1. The summed E-state index contributed by atoms with van der Waals surface area (Å²) in [6.07, 6.45) is 1.12. The fraction of sp³-hybridized carbons (Fsp3) is 0.200. The van der Waals surface area contributed by atoms with Crippen LogP contribution in [0.25, 0.3) is 0 Å². The van der Waals surface area contributed by atoms with Crippen molar-refractivity contribution in [3.63, 3.8) is 0 Å². The Morgan fingerprint density at radius 3 is 1.20 bits per heavy atom. The third-order valence-electron chi connectivity index (χ3n) is 5.78. The summed E-state index contributed by atoms with van der Waals surface area (Å²) in [7, 11) is -7.90. The highest BCUT2D eigenvalue weighted by atomic mass is 32.2. The molecule has 0 N–H and O–H groups in total. The summed E-state index contributed by atoms with van der Waals surface area (Å²) in [5.41, 5.74) is 4.73. The van der Waals surface area contributed by atoms with Crippen LogP contribution in [-0.2, 0) is 19.0 Å². The summed E-state index contributed by atoms with van der Waals surface area (Å²) in [5.74, 6) is 1.96. The monoisotopic (exact) mass is 614 g/mol. The molecule has 0 saturated heterocycles. The topological polar surface area (TPSA) is 105 Å². The maximum Gasteiger partial charge on any atom is 0.805 e. The zero-order valence-electron chi connectivity index (χ0n) is 23.7. The van der Waals surface area contributed by atoms with E-state index >= 15 is 0 Å². The molecule has 0 aromatic heterocycles. The molecule has 0 fully saturated rings. The largest absolute Gasteiger partial charge is 0.805 e.